The SMILES string of the molecule is Cc1cc([N+](=O)[O-])ccc1OCc1nc(-c2ccoc2)no1. The highest BCUT2D eigenvalue weighted by atomic mass is 16.6. The van der Waals surface area contributed by atoms with E-state index < -0.39 is 4.92 Å². The molecule has 0 spiro atoms. The van der Waals surface area contributed by atoms with Crippen molar-refractivity contribution in [1.82, 2.24) is 10.1 Å². The number of hydrogen-bond acceptors (Lipinski definition) is 7. The van der Waals surface area contributed by atoms with Gasteiger partial charge in [-0.3, -0.25) is 10.1 Å². The minimum atomic E-state index is -0.452. The van der Waals surface area contributed by atoms with Gasteiger partial charge in [0.1, 0.15) is 12.0 Å². The Morgan fingerprint density at radius 3 is 2.91 bits per heavy atom. The molecule has 0 amide bonds. The normalized spacial score (nSPS) is 10.6. The van der Waals surface area contributed by atoms with E-state index in [0.717, 1.165) is 0 Å². The minimum Gasteiger partial charge on any atom is -0.483 e. The Balaban J connectivity index is 1.69. The molecule has 22 heavy (non-hydrogen) atoms. The zero-order valence-electron chi connectivity index (χ0n) is 11.6. The van der Waals surface area contributed by atoms with E-state index in [1.165, 1.54) is 24.7 Å². The van der Waals surface area contributed by atoms with Gasteiger partial charge in [-0.25, -0.2) is 0 Å². The summed E-state index contributed by atoms with van der Waals surface area (Å²) in [6, 6.07) is 6.09. The number of rotatable bonds is 5. The maximum atomic E-state index is 10.7. The molecule has 1 aromatic carbocycles. The predicted octanol–water partition coefficient (Wildman–Crippen LogP) is 3.13. The molecule has 8 heteroatoms. The third kappa shape index (κ3) is 2.80. The highest BCUT2D eigenvalue weighted by Gasteiger charge is 2.12. The van der Waals surface area contributed by atoms with Crippen LogP contribution in [0.4, 0.5) is 5.69 Å². The quantitative estimate of drug-likeness (QED) is 0.526. The van der Waals surface area contributed by atoms with Crippen molar-refractivity contribution in [3.8, 4) is 17.1 Å². The van der Waals surface area contributed by atoms with Crippen LogP contribution >= 0.6 is 0 Å². The van der Waals surface area contributed by atoms with Crippen molar-refractivity contribution in [3.05, 3.63) is 58.4 Å². The number of nitrogens with zero attached hydrogens (tertiary/aromatic N) is 3. The highest BCUT2D eigenvalue weighted by molar-refractivity contribution is 5.51. The lowest BCUT2D eigenvalue weighted by Crippen LogP contribution is -1.98. The molecule has 3 rings (SSSR count). The van der Waals surface area contributed by atoms with Crippen LogP contribution in [0.1, 0.15) is 11.5 Å². The number of ether oxygens (including phenoxy) is 1. The molecule has 0 radical (unpaired) electrons. The van der Waals surface area contributed by atoms with Gasteiger partial charge in [-0.05, 0) is 24.6 Å². The monoisotopic (exact) mass is 301 g/mol. The molecule has 8 nitrogen and oxygen atoms in total. The Hall–Kier alpha value is -3.16. The molecule has 2 heterocycles. The van der Waals surface area contributed by atoms with Crippen LogP contribution in [0.3, 0.4) is 0 Å². The van der Waals surface area contributed by atoms with Crippen LogP contribution < -0.4 is 4.74 Å². The van der Waals surface area contributed by atoms with Crippen molar-refractivity contribution in [2.45, 2.75) is 13.5 Å². The Labute approximate surface area is 124 Å². The van der Waals surface area contributed by atoms with Gasteiger partial charge >= 0.3 is 0 Å². The molecule has 0 unspecified atom stereocenters. The summed E-state index contributed by atoms with van der Waals surface area (Å²) in [5.41, 5.74) is 1.38. The largest absolute Gasteiger partial charge is 0.483 e. The maximum Gasteiger partial charge on any atom is 0.269 e. The molecular formula is C14H11N3O5. The zero-order chi connectivity index (χ0) is 15.5. The molecule has 0 aliphatic carbocycles. The van der Waals surface area contributed by atoms with Crippen molar-refractivity contribution in [2.75, 3.05) is 0 Å². The van der Waals surface area contributed by atoms with Crippen molar-refractivity contribution in [1.29, 1.82) is 0 Å². The fourth-order valence-corrected chi connectivity index (χ4v) is 1.87. The topological polar surface area (TPSA) is 104 Å². The van der Waals surface area contributed by atoms with Crippen LogP contribution in [-0.4, -0.2) is 15.1 Å². The molecule has 0 N–H and O–H groups in total. The third-order valence-electron chi connectivity index (χ3n) is 2.97. The van der Waals surface area contributed by atoms with Crippen molar-refractivity contribution < 1.29 is 18.6 Å². The van der Waals surface area contributed by atoms with Crippen molar-refractivity contribution in [3.63, 3.8) is 0 Å². The van der Waals surface area contributed by atoms with E-state index in [1.54, 1.807) is 19.1 Å². The number of furan rings is 1. The van der Waals surface area contributed by atoms with E-state index in [0.29, 0.717) is 28.6 Å². The summed E-state index contributed by atoms with van der Waals surface area (Å²) in [5, 5.41) is 14.5. The second-order valence-electron chi connectivity index (χ2n) is 4.52. The fourth-order valence-electron chi connectivity index (χ4n) is 1.87. The van der Waals surface area contributed by atoms with Gasteiger partial charge in [0.2, 0.25) is 5.82 Å². The van der Waals surface area contributed by atoms with Gasteiger partial charge in [0.25, 0.3) is 11.6 Å². The number of aryl methyl sites for hydroxylation is 1. The van der Waals surface area contributed by atoms with Crippen LogP contribution in [0.15, 0.2) is 45.7 Å². The van der Waals surface area contributed by atoms with Gasteiger partial charge in [0.05, 0.1) is 16.7 Å². The second-order valence-corrected chi connectivity index (χ2v) is 4.52. The van der Waals surface area contributed by atoms with Crippen LogP contribution in [0.5, 0.6) is 5.75 Å². The van der Waals surface area contributed by atoms with Gasteiger partial charge in [-0.1, -0.05) is 5.16 Å². The van der Waals surface area contributed by atoms with E-state index in [9.17, 15) is 10.1 Å². The fraction of sp³-hybridized carbons (Fsp3) is 0.143. The maximum absolute atomic E-state index is 10.7. The highest BCUT2D eigenvalue weighted by Crippen LogP contribution is 2.24. The average molecular weight is 301 g/mol. The Kier molecular flexibility index (Phi) is 3.57. The molecule has 0 bridgehead atoms. The average Bonchev–Trinajstić information content (AvgIpc) is 3.16. The third-order valence-corrected chi connectivity index (χ3v) is 2.97. The summed E-state index contributed by atoms with van der Waals surface area (Å²) in [7, 11) is 0. The predicted molar refractivity (Wildman–Crippen MR) is 74.2 cm³/mol. The lowest BCUT2D eigenvalue weighted by Gasteiger charge is -2.06. The lowest BCUT2D eigenvalue weighted by molar-refractivity contribution is -0.384. The van der Waals surface area contributed by atoms with Crippen LogP contribution in [-0.2, 0) is 6.61 Å². The molecular weight excluding hydrogens is 290 g/mol. The van der Waals surface area contributed by atoms with Crippen molar-refractivity contribution >= 4 is 5.69 Å². The van der Waals surface area contributed by atoms with Crippen LogP contribution in [0.25, 0.3) is 11.4 Å². The Morgan fingerprint density at radius 2 is 2.23 bits per heavy atom. The number of non-ortho nitro benzene ring substituents is 1. The molecule has 0 saturated heterocycles. The first-order valence-corrected chi connectivity index (χ1v) is 6.36. The van der Waals surface area contributed by atoms with Gasteiger partial charge in [-0.2, -0.15) is 4.98 Å². The van der Waals surface area contributed by atoms with E-state index >= 15 is 0 Å². The molecule has 0 fully saturated rings. The minimum absolute atomic E-state index is 0.0184. The number of nitro groups is 1. The lowest BCUT2D eigenvalue weighted by atomic mass is 10.2. The van der Waals surface area contributed by atoms with Gasteiger partial charge in [0.15, 0.2) is 6.61 Å². The smallest absolute Gasteiger partial charge is 0.269 e. The molecule has 112 valence electrons. The van der Waals surface area contributed by atoms with Gasteiger partial charge < -0.3 is 13.7 Å². The Bertz CT molecular complexity index is 795. The number of aromatic nitrogens is 2. The molecule has 3 aromatic rings. The van der Waals surface area contributed by atoms with Crippen LogP contribution in [0, 0.1) is 17.0 Å². The summed E-state index contributed by atoms with van der Waals surface area (Å²) < 4.78 is 15.6. The molecule has 0 atom stereocenters. The Morgan fingerprint density at radius 1 is 1.36 bits per heavy atom. The first-order valence-electron chi connectivity index (χ1n) is 6.36. The summed E-state index contributed by atoms with van der Waals surface area (Å²) in [6.45, 7) is 1.80. The standard InChI is InChI=1S/C14H11N3O5/c1-9-6-11(17(18)19)2-3-12(9)21-8-13-15-14(16-22-13)10-4-5-20-7-10/h2-7H,8H2,1H3. The summed E-state index contributed by atoms with van der Waals surface area (Å²) >= 11 is 0. The number of nitro benzene ring substituents is 1. The molecule has 0 aliphatic rings. The first kappa shape index (κ1) is 13.8. The summed E-state index contributed by atoms with van der Waals surface area (Å²) in [4.78, 5) is 14.4. The summed E-state index contributed by atoms with van der Waals surface area (Å²) in [6.07, 6.45) is 3.03. The van der Waals surface area contributed by atoms with Gasteiger partial charge in [0, 0.05) is 12.1 Å². The van der Waals surface area contributed by atoms with Crippen LogP contribution in [0.2, 0.25) is 0 Å². The zero-order valence-corrected chi connectivity index (χ0v) is 11.6. The van der Waals surface area contributed by atoms with Crippen molar-refractivity contribution in [2.24, 2.45) is 0 Å². The van der Waals surface area contributed by atoms with E-state index in [4.69, 9.17) is 13.7 Å². The first-order chi connectivity index (χ1) is 10.6. The second kappa shape index (κ2) is 5.68. The number of hydrogen-bond donors (Lipinski definition) is 0. The summed E-state index contributed by atoms with van der Waals surface area (Å²) in [5.74, 6) is 1.23. The molecule has 2 aromatic heterocycles. The number of benzene rings is 1. The van der Waals surface area contributed by atoms with E-state index in [-0.39, 0.29) is 12.3 Å². The van der Waals surface area contributed by atoms with E-state index in [1.807, 2.05) is 0 Å². The van der Waals surface area contributed by atoms with E-state index in [2.05, 4.69) is 10.1 Å². The van der Waals surface area contributed by atoms with Gasteiger partial charge in [-0.15, -0.1) is 0 Å². The molecule has 0 saturated carbocycles. The molecule has 0 aliphatic heterocycles.